The summed E-state index contributed by atoms with van der Waals surface area (Å²) < 4.78 is 2.69. The summed E-state index contributed by atoms with van der Waals surface area (Å²) in [5.74, 6) is 4.10. The molecule has 3 heterocycles. The number of pyridine rings is 1. The molecule has 1 aliphatic heterocycles. The quantitative estimate of drug-likeness (QED) is 0.876. The fraction of sp³-hybridized carbons (Fsp3) is 0.417. The predicted octanol–water partition coefficient (Wildman–Crippen LogP) is 3.41. The normalized spacial score (nSPS) is 17.7. The van der Waals surface area contributed by atoms with Crippen LogP contribution in [0.1, 0.15) is 24.6 Å². The lowest BCUT2D eigenvalue weighted by Crippen LogP contribution is -2.11. The molecular formula is C12H13BrN2OS. The van der Waals surface area contributed by atoms with Gasteiger partial charge in [0.15, 0.2) is 5.88 Å². The zero-order valence-electron chi connectivity index (χ0n) is 9.27. The van der Waals surface area contributed by atoms with Crippen LogP contribution in [0.25, 0.3) is 5.52 Å². The van der Waals surface area contributed by atoms with Gasteiger partial charge in [-0.25, -0.2) is 4.98 Å². The highest BCUT2D eigenvalue weighted by Crippen LogP contribution is 2.34. The van der Waals surface area contributed by atoms with Crippen molar-refractivity contribution >= 4 is 33.2 Å². The standard InChI is InChI=1S/C12H13BrN2OS/c13-11-9-2-1-3-10(16)15(9)12(14-11)8-4-6-17-7-5-8/h1-3,8,16H,4-7H2. The Kier molecular flexibility index (Phi) is 3.04. The van der Waals surface area contributed by atoms with Gasteiger partial charge in [0, 0.05) is 5.92 Å². The lowest BCUT2D eigenvalue weighted by molar-refractivity contribution is 0.437. The van der Waals surface area contributed by atoms with E-state index in [9.17, 15) is 5.11 Å². The Morgan fingerprint density at radius 1 is 1.35 bits per heavy atom. The molecule has 0 aliphatic carbocycles. The molecule has 0 amide bonds. The number of aromatic hydroxyl groups is 1. The van der Waals surface area contributed by atoms with E-state index >= 15 is 0 Å². The second-order valence-electron chi connectivity index (χ2n) is 4.25. The van der Waals surface area contributed by atoms with Gasteiger partial charge in [-0.15, -0.1) is 0 Å². The SMILES string of the molecule is Oc1cccc2c(Br)nc(C3CCSCC3)n12. The summed E-state index contributed by atoms with van der Waals surface area (Å²) in [5.41, 5.74) is 0.943. The van der Waals surface area contributed by atoms with Crippen molar-refractivity contribution in [2.24, 2.45) is 0 Å². The Morgan fingerprint density at radius 2 is 2.12 bits per heavy atom. The van der Waals surface area contributed by atoms with Crippen molar-refractivity contribution in [2.45, 2.75) is 18.8 Å². The summed E-state index contributed by atoms with van der Waals surface area (Å²) in [5, 5.41) is 9.99. The van der Waals surface area contributed by atoms with Gasteiger partial charge in [0.2, 0.25) is 0 Å². The molecule has 5 heteroatoms. The highest BCUT2D eigenvalue weighted by Gasteiger charge is 2.22. The lowest BCUT2D eigenvalue weighted by Gasteiger charge is -2.20. The summed E-state index contributed by atoms with van der Waals surface area (Å²) in [4.78, 5) is 4.58. The van der Waals surface area contributed by atoms with Crippen molar-refractivity contribution in [3.8, 4) is 5.88 Å². The van der Waals surface area contributed by atoms with Crippen LogP contribution in [0.2, 0.25) is 0 Å². The number of imidazole rings is 1. The molecule has 2 aromatic heterocycles. The Balaban J connectivity index is 2.15. The smallest absolute Gasteiger partial charge is 0.197 e. The first-order valence-electron chi connectivity index (χ1n) is 5.71. The highest BCUT2D eigenvalue weighted by molar-refractivity contribution is 9.10. The summed E-state index contributed by atoms with van der Waals surface area (Å²) in [6, 6.07) is 5.53. The number of rotatable bonds is 1. The number of hydrogen-bond acceptors (Lipinski definition) is 3. The highest BCUT2D eigenvalue weighted by atomic mass is 79.9. The van der Waals surface area contributed by atoms with Crippen molar-refractivity contribution in [3.63, 3.8) is 0 Å². The Morgan fingerprint density at radius 3 is 2.88 bits per heavy atom. The van der Waals surface area contributed by atoms with Crippen LogP contribution in [0.4, 0.5) is 0 Å². The van der Waals surface area contributed by atoms with Gasteiger partial charge in [-0.2, -0.15) is 11.8 Å². The number of hydrogen-bond donors (Lipinski definition) is 1. The van der Waals surface area contributed by atoms with Gasteiger partial charge in [0.1, 0.15) is 10.4 Å². The van der Waals surface area contributed by atoms with E-state index in [0.29, 0.717) is 5.92 Å². The molecule has 17 heavy (non-hydrogen) atoms. The van der Waals surface area contributed by atoms with E-state index in [-0.39, 0.29) is 5.88 Å². The molecule has 90 valence electrons. The molecule has 1 saturated heterocycles. The van der Waals surface area contributed by atoms with Crippen LogP contribution >= 0.6 is 27.7 Å². The molecule has 1 fully saturated rings. The number of fused-ring (bicyclic) bond motifs is 1. The third-order valence-corrected chi connectivity index (χ3v) is 4.84. The zero-order chi connectivity index (χ0) is 11.8. The molecule has 0 atom stereocenters. The van der Waals surface area contributed by atoms with Gasteiger partial charge in [-0.3, -0.25) is 4.40 Å². The van der Waals surface area contributed by atoms with E-state index in [0.717, 1.165) is 28.8 Å². The zero-order valence-corrected chi connectivity index (χ0v) is 11.7. The van der Waals surface area contributed by atoms with E-state index in [1.165, 1.54) is 11.5 Å². The van der Waals surface area contributed by atoms with Gasteiger partial charge in [0.05, 0.1) is 5.52 Å². The average Bonchev–Trinajstić information content (AvgIpc) is 2.70. The van der Waals surface area contributed by atoms with Gasteiger partial charge in [0.25, 0.3) is 0 Å². The molecular weight excluding hydrogens is 300 g/mol. The van der Waals surface area contributed by atoms with Crippen LogP contribution in [0, 0.1) is 0 Å². The van der Waals surface area contributed by atoms with Crippen molar-refractivity contribution < 1.29 is 5.11 Å². The van der Waals surface area contributed by atoms with Crippen LogP contribution in [0.15, 0.2) is 22.8 Å². The van der Waals surface area contributed by atoms with Gasteiger partial charge in [-0.1, -0.05) is 6.07 Å². The monoisotopic (exact) mass is 312 g/mol. The summed E-state index contributed by atoms with van der Waals surface area (Å²) >= 11 is 5.47. The molecule has 2 aromatic rings. The first-order valence-corrected chi connectivity index (χ1v) is 7.65. The molecule has 1 N–H and O–H groups in total. The van der Waals surface area contributed by atoms with Gasteiger partial charge < -0.3 is 5.11 Å². The minimum absolute atomic E-state index is 0.272. The first-order chi connectivity index (χ1) is 8.27. The Labute approximate surface area is 112 Å². The Hall–Kier alpha value is -0.680. The third-order valence-electron chi connectivity index (χ3n) is 3.21. The van der Waals surface area contributed by atoms with E-state index in [1.807, 2.05) is 28.3 Å². The average molecular weight is 313 g/mol. The van der Waals surface area contributed by atoms with E-state index in [4.69, 9.17) is 0 Å². The lowest BCUT2D eigenvalue weighted by atomic mass is 10.0. The second-order valence-corrected chi connectivity index (χ2v) is 6.23. The number of thioether (sulfide) groups is 1. The maximum absolute atomic E-state index is 9.99. The number of halogens is 1. The van der Waals surface area contributed by atoms with Crippen LogP contribution in [0.5, 0.6) is 5.88 Å². The topological polar surface area (TPSA) is 37.5 Å². The van der Waals surface area contributed by atoms with Crippen LogP contribution in [-0.2, 0) is 0 Å². The molecule has 0 bridgehead atoms. The van der Waals surface area contributed by atoms with E-state index < -0.39 is 0 Å². The summed E-state index contributed by atoms with van der Waals surface area (Å²) in [7, 11) is 0. The minimum atomic E-state index is 0.272. The molecule has 0 saturated carbocycles. The van der Waals surface area contributed by atoms with Gasteiger partial charge >= 0.3 is 0 Å². The van der Waals surface area contributed by atoms with Crippen molar-refractivity contribution in [2.75, 3.05) is 11.5 Å². The molecule has 1 aliphatic rings. The largest absolute Gasteiger partial charge is 0.494 e. The first kappa shape index (κ1) is 11.4. The van der Waals surface area contributed by atoms with Crippen molar-refractivity contribution in [1.82, 2.24) is 9.38 Å². The maximum Gasteiger partial charge on any atom is 0.197 e. The third kappa shape index (κ3) is 1.95. The molecule has 0 radical (unpaired) electrons. The van der Waals surface area contributed by atoms with Crippen LogP contribution < -0.4 is 0 Å². The summed E-state index contributed by atoms with van der Waals surface area (Å²) in [6.45, 7) is 0. The molecule has 3 nitrogen and oxygen atoms in total. The van der Waals surface area contributed by atoms with Crippen molar-refractivity contribution in [3.05, 3.63) is 28.6 Å². The second kappa shape index (κ2) is 4.53. The molecule has 0 aromatic carbocycles. The molecule has 0 spiro atoms. The predicted molar refractivity (Wildman–Crippen MR) is 73.9 cm³/mol. The maximum atomic E-state index is 9.99. The molecule has 0 unspecified atom stereocenters. The fourth-order valence-electron chi connectivity index (χ4n) is 2.34. The molecule has 3 rings (SSSR count). The minimum Gasteiger partial charge on any atom is -0.494 e. The summed E-state index contributed by atoms with van der Waals surface area (Å²) in [6.07, 6.45) is 2.29. The fourth-order valence-corrected chi connectivity index (χ4v) is 3.93. The number of aromatic nitrogens is 2. The van der Waals surface area contributed by atoms with Crippen molar-refractivity contribution in [1.29, 1.82) is 0 Å². The van der Waals surface area contributed by atoms with Crippen LogP contribution in [-0.4, -0.2) is 26.0 Å². The Bertz CT molecular complexity index is 549. The number of nitrogens with zero attached hydrogens (tertiary/aromatic N) is 2. The van der Waals surface area contributed by atoms with Gasteiger partial charge in [-0.05, 0) is 52.4 Å². The van der Waals surface area contributed by atoms with Crippen LogP contribution in [0.3, 0.4) is 0 Å². The van der Waals surface area contributed by atoms with E-state index in [2.05, 4.69) is 20.9 Å². The van der Waals surface area contributed by atoms with E-state index in [1.54, 1.807) is 6.07 Å².